The van der Waals surface area contributed by atoms with Gasteiger partial charge in [-0.25, -0.2) is 0 Å². The Labute approximate surface area is 139 Å². The van der Waals surface area contributed by atoms with Crippen molar-refractivity contribution in [3.63, 3.8) is 0 Å². The number of hydrogen-bond donors (Lipinski definition) is 1. The summed E-state index contributed by atoms with van der Waals surface area (Å²) in [6.07, 6.45) is 0.185. The van der Waals surface area contributed by atoms with Crippen LogP contribution in [0.1, 0.15) is 29.5 Å². The van der Waals surface area contributed by atoms with E-state index in [2.05, 4.69) is 0 Å². The van der Waals surface area contributed by atoms with Crippen LogP contribution in [0.15, 0.2) is 42.5 Å². The first-order valence-electron chi connectivity index (χ1n) is 7.61. The number of benzene rings is 2. The molecule has 0 aliphatic heterocycles. The zero-order valence-corrected chi connectivity index (χ0v) is 13.6. The number of aryl methyl sites for hydroxylation is 1. The van der Waals surface area contributed by atoms with Crippen LogP contribution in [0, 0.1) is 17.0 Å². The second-order valence-electron chi connectivity index (χ2n) is 5.48. The van der Waals surface area contributed by atoms with Gasteiger partial charge in [0.05, 0.1) is 17.4 Å². The van der Waals surface area contributed by atoms with Gasteiger partial charge in [-0.2, -0.15) is 0 Å². The first-order chi connectivity index (χ1) is 11.4. The number of ether oxygens (including phenoxy) is 1. The third-order valence-corrected chi connectivity index (χ3v) is 3.76. The summed E-state index contributed by atoms with van der Waals surface area (Å²) in [4.78, 5) is 22.1. The van der Waals surface area contributed by atoms with Crippen molar-refractivity contribution in [2.45, 2.75) is 26.2 Å². The molecule has 1 unspecified atom stereocenters. The van der Waals surface area contributed by atoms with E-state index in [1.54, 1.807) is 30.3 Å². The minimum Gasteiger partial charge on any atom is -0.494 e. The van der Waals surface area contributed by atoms with Gasteiger partial charge in [0.15, 0.2) is 0 Å². The number of hydrogen-bond acceptors (Lipinski definition) is 4. The number of nitro benzene ring substituents is 1. The number of non-ortho nitro benzene ring substituents is 1. The van der Waals surface area contributed by atoms with Gasteiger partial charge in [-0.3, -0.25) is 14.9 Å². The van der Waals surface area contributed by atoms with Crippen molar-refractivity contribution in [3.8, 4) is 5.75 Å². The fourth-order valence-electron chi connectivity index (χ4n) is 2.59. The first-order valence-corrected chi connectivity index (χ1v) is 7.61. The molecule has 0 heterocycles. The van der Waals surface area contributed by atoms with E-state index in [-0.39, 0.29) is 12.1 Å². The molecule has 0 bridgehead atoms. The van der Waals surface area contributed by atoms with Crippen LogP contribution in [0.3, 0.4) is 0 Å². The van der Waals surface area contributed by atoms with Gasteiger partial charge < -0.3 is 9.84 Å². The zero-order chi connectivity index (χ0) is 17.7. The molecular formula is C18H19NO5. The minimum absolute atomic E-state index is 0.0421. The molecule has 0 radical (unpaired) electrons. The van der Waals surface area contributed by atoms with Crippen LogP contribution < -0.4 is 4.74 Å². The summed E-state index contributed by atoms with van der Waals surface area (Å²) in [6, 6.07) is 11.4. The van der Waals surface area contributed by atoms with Crippen LogP contribution in [0.4, 0.5) is 5.69 Å². The summed E-state index contributed by atoms with van der Waals surface area (Å²) >= 11 is 0. The fraction of sp³-hybridized carbons (Fsp3) is 0.278. The summed E-state index contributed by atoms with van der Waals surface area (Å²) in [7, 11) is 0. The molecule has 0 amide bonds. The lowest BCUT2D eigenvalue weighted by Gasteiger charge is -2.15. The number of nitro groups is 1. The average Bonchev–Trinajstić information content (AvgIpc) is 2.54. The van der Waals surface area contributed by atoms with Crippen LogP contribution in [0.25, 0.3) is 0 Å². The number of carbonyl (C=O) groups is 1. The molecule has 1 N–H and O–H groups in total. The van der Waals surface area contributed by atoms with E-state index in [0.717, 1.165) is 11.3 Å². The number of rotatable bonds is 7. The molecule has 0 saturated carbocycles. The number of nitrogens with zero attached hydrogens (tertiary/aromatic N) is 1. The predicted molar refractivity (Wildman–Crippen MR) is 89.5 cm³/mol. The Morgan fingerprint density at radius 1 is 1.29 bits per heavy atom. The van der Waals surface area contributed by atoms with Gasteiger partial charge in [0.2, 0.25) is 0 Å². The van der Waals surface area contributed by atoms with Gasteiger partial charge in [0.25, 0.3) is 5.69 Å². The molecular weight excluding hydrogens is 310 g/mol. The smallest absolute Gasteiger partial charge is 0.311 e. The molecule has 2 aromatic rings. The van der Waals surface area contributed by atoms with E-state index in [4.69, 9.17) is 4.74 Å². The van der Waals surface area contributed by atoms with E-state index in [9.17, 15) is 20.0 Å². The highest BCUT2D eigenvalue weighted by Crippen LogP contribution is 2.27. The van der Waals surface area contributed by atoms with Gasteiger partial charge in [-0.15, -0.1) is 0 Å². The third-order valence-electron chi connectivity index (χ3n) is 3.76. The van der Waals surface area contributed by atoms with Crippen molar-refractivity contribution < 1.29 is 19.6 Å². The lowest BCUT2D eigenvalue weighted by Crippen LogP contribution is -2.15. The lowest BCUT2D eigenvalue weighted by atomic mass is 9.91. The highest BCUT2D eigenvalue weighted by molar-refractivity contribution is 5.76. The predicted octanol–water partition coefficient (Wildman–Crippen LogP) is 3.71. The third kappa shape index (κ3) is 4.10. The molecule has 2 aromatic carbocycles. The molecule has 0 saturated heterocycles. The maximum Gasteiger partial charge on any atom is 0.311 e. The fourth-order valence-corrected chi connectivity index (χ4v) is 2.59. The van der Waals surface area contributed by atoms with Crippen molar-refractivity contribution >= 4 is 11.7 Å². The maximum atomic E-state index is 11.7. The van der Waals surface area contributed by atoms with E-state index in [0.29, 0.717) is 17.7 Å². The molecule has 0 aromatic heterocycles. The minimum atomic E-state index is -0.968. The summed E-state index contributed by atoms with van der Waals surface area (Å²) < 4.78 is 5.47. The summed E-state index contributed by atoms with van der Waals surface area (Å²) in [5.74, 6) is -1.02. The SMILES string of the molecule is CCOc1ccc(C(Cc2cccc([N+](=O)[O-])c2)C(=O)O)cc1C. The van der Waals surface area contributed by atoms with Crippen molar-refractivity contribution in [3.05, 3.63) is 69.3 Å². The largest absolute Gasteiger partial charge is 0.494 e. The monoisotopic (exact) mass is 329 g/mol. The topological polar surface area (TPSA) is 89.7 Å². The Hall–Kier alpha value is -2.89. The molecule has 6 heteroatoms. The Morgan fingerprint density at radius 2 is 2.04 bits per heavy atom. The summed E-state index contributed by atoms with van der Waals surface area (Å²) in [5, 5.41) is 20.4. The van der Waals surface area contributed by atoms with Crippen LogP contribution in [-0.2, 0) is 11.2 Å². The second kappa shape index (κ2) is 7.59. The maximum absolute atomic E-state index is 11.7. The average molecular weight is 329 g/mol. The molecule has 1 atom stereocenters. The van der Waals surface area contributed by atoms with E-state index >= 15 is 0 Å². The van der Waals surface area contributed by atoms with Gasteiger partial charge in [0.1, 0.15) is 5.75 Å². The highest BCUT2D eigenvalue weighted by Gasteiger charge is 2.22. The molecule has 0 spiro atoms. The summed E-state index contributed by atoms with van der Waals surface area (Å²) in [6.45, 7) is 4.28. The number of carboxylic acids is 1. The Morgan fingerprint density at radius 3 is 2.62 bits per heavy atom. The van der Waals surface area contributed by atoms with Crippen LogP contribution in [0.2, 0.25) is 0 Å². The van der Waals surface area contributed by atoms with Gasteiger partial charge in [-0.1, -0.05) is 24.3 Å². The Bertz CT molecular complexity index is 757. The normalized spacial score (nSPS) is 11.8. The van der Waals surface area contributed by atoms with Crippen LogP contribution in [0.5, 0.6) is 5.75 Å². The molecule has 24 heavy (non-hydrogen) atoms. The van der Waals surface area contributed by atoms with Gasteiger partial charge >= 0.3 is 5.97 Å². The molecule has 0 aliphatic carbocycles. The van der Waals surface area contributed by atoms with Gasteiger partial charge in [-0.05, 0) is 43.0 Å². The van der Waals surface area contributed by atoms with Gasteiger partial charge in [0, 0.05) is 12.1 Å². The van der Waals surface area contributed by atoms with E-state index in [1.165, 1.54) is 12.1 Å². The van der Waals surface area contributed by atoms with Crippen molar-refractivity contribution in [1.29, 1.82) is 0 Å². The Balaban J connectivity index is 2.30. The lowest BCUT2D eigenvalue weighted by molar-refractivity contribution is -0.384. The number of carboxylic acid groups (broad SMARTS) is 1. The quantitative estimate of drug-likeness (QED) is 0.618. The van der Waals surface area contributed by atoms with Crippen molar-refractivity contribution in [2.75, 3.05) is 6.61 Å². The number of aliphatic carboxylic acids is 1. The summed E-state index contributed by atoms with van der Waals surface area (Å²) in [5.41, 5.74) is 2.08. The van der Waals surface area contributed by atoms with Crippen molar-refractivity contribution in [2.24, 2.45) is 0 Å². The zero-order valence-electron chi connectivity index (χ0n) is 13.6. The van der Waals surface area contributed by atoms with Crippen molar-refractivity contribution in [1.82, 2.24) is 0 Å². The van der Waals surface area contributed by atoms with Crippen LogP contribution >= 0.6 is 0 Å². The molecule has 2 rings (SSSR count). The molecule has 0 aliphatic rings. The molecule has 126 valence electrons. The molecule has 0 fully saturated rings. The second-order valence-corrected chi connectivity index (χ2v) is 5.48. The highest BCUT2D eigenvalue weighted by atomic mass is 16.6. The van der Waals surface area contributed by atoms with E-state index in [1.807, 2.05) is 13.8 Å². The van der Waals surface area contributed by atoms with Crippen LogP contribution in [-0.4, -0.2) is 22.6 Å². The van der Waals surface area contributed by atoms with E-state index < -0.39 is 16.8 Å². The first kappa shape index (κ1) is 17.5. The Kier molecular flexibility index (Phi) is 5.52. The standard InChI is InChI=1S/C18H19NO5/c1-3-24-17-8-7-14(9-12(17)2)16(18(20)21)11-13-5-4-6-15(10-13)19(22)23/h4-10,16H,3,11H2,1-2H3,(H,20,21). The molecule has 6 nitrogen and oxygen atoms in total.